The predicted molar refractivity (Wildman–Crippen MR) is 504 cm³/mol. The van der Waals surface area contributed by atoms with E-state index in [1.54, 1.807) is 74.8 Å². The highest BCUT2D eigenvalue weighted by atomic mass is 16.5. The molecule has 8 aromatic carbocycles. The largest absolute Gasteiger partial charge is 0.399 e. The number of carbonyl (C=O) groups is 4. The van der Waals surface area contributed by atoms with Gasteiger partial charge in [0.15, 0.2) is 5.78 Å². The molecule has 120 heavy (non-hydrogen) atoms. The molecule has 0 unspecified atom stereocenters. The molecular formula is C96H117N19O5. The second-order valence-corrected chi connectivity index (χ2v) is 28.8. The molecule has 1 heterocycles. The fourth-order valence-corrected chi connectivity index (χ4v) is 12.7. The van der Waals surface area contributed by atoms with Crippen LogP contribution in [0.4, 0.5) is 85.3 Å². The Morgan fingerprint density at radius 1 is 0.417 bits per heavy atom. The summed E-state index contributed by atoms with van der Waals surface area (Å²) in [5.74, 6) is -0.398. The Balaban J connectivity index is 0.000000198. The van der Waals surface area contributed by atoms with Crippen LogP contribution >= 0.6 is 0 Å². The third-order valence-corrected chi connectivity index (χ3v) is 20.1. The van der Waals surface area contributed by atoms with Gasteiger partial charge in [-0.2, -0.15) is 0 Å². The lowest BCUT2D eigenvalue weighted by atomic mass is 9.94. The van der Waals surface area contributed by atoms with E-state index in [1.807, 2.05) is 189 Å². The molecule has 19 N–H and O–H groups in total. The zero-order chi connectivity index (χ0) is 87.4. The second kappa shape index (κ2) is 43.8. The topological polar surface area (TPSA) is 379 Å². The SMILES string of the molecule is CC.CC.CCN(c1ccc(N=C2C=C(Nc3ccc(N(C)C(C)C)cc3)C(=O)C=C2N)cc1)C(C)C.CNC1=CC(=O)C(Cc2ccc(N)cc2)=CC1=Nc1ccc(N)cc1.CNC1=CC(=O)C(Nc2ccc(N)cc2)=CC1=Nc1ccc(N)cc1.Cc1c(N)ccc(N=C2C=C(Nc3ccc(N)c(C)c3C)C(=O)C=C2N2CCOCC2)c1C. The van der Waals surface area contributed by atoms with Crippen molar-refractivity contribution < 1.29 is 23.9 Å². The lowest BCUT2D eigenvalue weighted by Gasteiger charge is -2.32. The van der Waals surface area contributed by atoms with Crippen molar-refractivity contribution in [1.82, 2.24) is 15.5 Å². The van der Waals surface area contributed by atoms with Crippen molar-refractivity contribution in [3.8, 4) is 0 Å². The van der Waals surface area contributed by atoms with Crippen molar-refractivity contribution in [1.29, 1.82) is 0 Å². The summed E-state index contributed by atoms with van der Waals surface area (Å²) in [5, 5.41) is 15.7. The smallest absolute Gasteiger partial charge is 0.204 e. The van der Waals surface area contributed by atoms with Gasteiger partial charge in [-0.1, -0.05) is 39.8 Å². The van der Waals surface area contributed by atoms with Crippen molar-refractivity contribution in [2.75, 3.05) is 114 Å². The number of benzene rings is 8. The van der Waals surface area contributed by atoms with E-state index in [4.69, 9.17) is 49.9 Å². The Morgan fingerprint density at radius 2 is 0.833 bits per heavy atom. The quantitative estimate of drug-likeness (QED) is 0.0249. The monoisotopic (exact) mass is 1620 g/mol. The Labute approximate surface area is 707 Å². The van der Waals surface area contributed by atoms with Crippen LogP contribution in [0.5, 0.6) is 0 Å². The molecule has 1 saturated heterocycles. The van der Waals surface area contributed by atoms with E-state index in [1.165, 1.54) is 12.2 Å². The highest BCUT2D eigenvalue weighted by Crippen LogP contribution is 2.33. The lowest BCUT2D eigenvalue weighted by molar-refractivity contribution is -0.112. The molecule has 1 fully saturated rings. The van der Waals surface area contributed by atoms with Crippen molar-refractivity contribution >= 4 is 131 Å². The number of hydrogen-bond donors (Lipinski definition) is 12. The molecule has 24 heteroatoms. The van der Waals surface area contributed by atoms with Crippen molar-refractivity contribution in [2.24, 2.45) is 25.7 Å². The van der Waals surface area contributed by atoms with Gasteiger partial charge in [0.25, 0.3) is 0 Å². The fourth-order valence-electron chi connectivity index (χ4n) is 12.7. The Kier molecular flexibility index (Phi) is 33.4. The van der Waals surface area contributed by atoms with Crippen LogP contribution in [-0.4, -0.2) is 117 Å². The zero-order valence-electron chi connectivity index (χ0n) is 71.9. The maximum absolute atomic E-state index is 13.1. The molecule has 0 amide bonds. The third-order valence-electron chi connectivity index (χ3n) is 20.1. The molecule has 0 bridgehead atoms. The molecule has 626 valence electrons. The lowest BCUT2D eigenvalue weighted by Crippen LogP contribution is -2.39. The van der Waals surface area contributed by atoms with Gasteiger partial charge in [0, 0.05) is 152 Å². The molecule has 0 spiro atoms. The van der Waals surface area contributed by atoms with Gasteiger partial charge in [-0.15, -0.1) is 0 Å². The van der Waals surface area contributed by atoms with Crippen LogP contribution in [0.2, 0.25) is 0 Å². The number of ketones is 4. The van der Waals surface area contributed by atoms with Gasteiger partial charge in [-0.05, 0) is 272 Å². The van der Waals surface area contributed by atoms with E-state index < -0.39 is 0 Å². The van der Waals surface area contributed by atoms with E-state index in [2.05, 4.69) is 110 Å². The Morgan fingerprint density at radius 3 is 1.34 bits per heavy atom. The fraction of sp³-hybridized carbons (Fsp3) is 0.250. The summed E-state index contributed by atoms with van der Waals surface area (Å²) in [6.07, 6.45) is 13.8. The third kappa shape index (κ3) is 25.0. The van der Waals surface area contributed by atoms with E-state index >= 15 is 0 Å². The summed E-state index contributed by atoms with van der Waals surface area (Å²) in [6, 6.07) is 53.7. The molecule has 0 saturated carbocycles. The molecule has 13 rings (SSSR count). The number of rotatable bonds is 20. The highest BCUT2D eigenvalue weighted by molar-refractivity contribution is 6.26. The number of nitrogen functional groups attached to an aromatic ring is 6. The van der Waals surface area contributed by atoms with E-state index in [0.717, 1.165) is 114 Å². The van der Waals surface area contributed by atoms with E-state index in [9.17, 15) is 19.2 Å². The Hall–Kier alpha value is -14.0. The molecule has 0 radical (unpaired) electrons. The number of hydrogen-bond acceptors (Lipinski definition) is 24. The first-order valence-corrected chi connectivity index (χ1v) is 40.4. The first-order valence-electron chi connectivity index (χ1n) is 40.4. The van der Waals surface area contributed by atoms with Gasteiger partial charge in [-0.25, -0.2) is 20.0 Å². The second-order valence-electron chi connectivity index (χ2n) is 28.8. The highest BCUT2D eigenvalue weighted by Gasteiger charge is 2.27. The van der Waals surface area contributed by atoms with Gasteiger partial charge in [0.2, 0.25) is 17.3 Å². The normalized spacial score (nSPS) is 15.6. The molecular weight excluding hydrogens is 1500 g/mol. The summed E-state index contributed by atoms with van der Waals surface area (Å²) in [6.45, 7) is 30.4. The van der Waals surface area contributed by atoms with Crippen LogP contribution in [0.1, 0.15) is 90.1 Å². The first-order chi connectivity index (χ1) is 57.5. The minimum absolute atomic E-state index is 0.0163. The van der Waals surface area contributed by atoms with Crippen LogP contribution in [0.15, 0.2) is 284 Å². The summed E-state index contributed by atoms with van der Waals surface area (Å²) in [7, 11) is 5.59. The molecule has 24 nitrogen and oxygen atoms in total. The molecule has 8 aromatic rings. The maximum atomic E-state index is 13.1. The van der Waals surface area contributed by atoms with E-state index in [-0.39, 0.29) is 23.1 Å². The van der Waals surface area contributed by atoms with Gasteiger partial charge >= 0.3 is 0 Å². The summed E-state index contributed by atoms with van der Waals surface area (Å²) in [4.78, 5) is 75.9. The average Bonchev–Trinajstić information content (AvgIpc) is 0.822. The van der Waals surface area contributed by atoms with E-state index in [0.29, 0.717) is 119 Å². The molecule has 0 aromatic heterocycles. The minimum atomic E-state index is -0.166. The summed E-state index contributed by atoms with van der Waals surface area (Å²) < 4.78 is 5.51. The van der Waals surface area contributed by atoms with Crippen LogP contribution < -0.4 is 76.5 Å². The van der Waals surface area contributed by atoms with Crippen molar-refractivity contribution in [3.63, 3.8) is 0 Å². The number of anilines is 11. The molecule has 5 aliphatic rings. The van der Waals surface area contributed by atoms with Crippen LogP contribution in [0.25, 0.3) is 0 Å². The summed E-state index contributed by atoms with van der Waals surface area (Å²) in [5.41, 5.74) is 65.5. The number of ether oxygens (including phenoxy) is 1. The zero-order valence-corrected chi connectivity index (χ0v) is 71.9. The number of morpholine rings is 1. The molecule has 0 atom stereocenters. The van der Waals surface area contributed by atoms with Gasteiger partial charge in [0.05, 0.1) is 98.7 Å². The number of nitrogens with two attached hydrogens (primary N) is 7. The Bertz CT molecular complexity index is 5200. The maximum Gasteiger partial charge on any atom is 0.204 e. The minimum Gasteiger partial charge on any atom is -0.399 e. The van der Waals surface area contributed by atoms with Crippen molar-refractivity contribution in [2.45, 2.75) is 109 Å². The van der Waals surface area contributed by atoms with Gasteiger partial charge in [-0.3, -0.25) is 19.2 Å². The van der Waals surface area contributed by atoms with Crippen LogP contribution in [-0.2, 0) is 30.3 Å². The van der Waals surface area contributed by atoms with Gasteiger partial charge in [0.1, 0.15) is 0 Å². The number of nitrogens with zero attached hydrogens (tertiary/aromatic N) is 7. The van der Waals surface area contributed by atoms with Gasteiger partial charge < -0.3 is 86.2 Å². The standard InChI is InChI=1S/C27H35N5O.C26H31N5O2.C20H20N4O.C19H19N5O.2C2H6/c1-7-32(19(4)5)23-14-10-20(11-15-23)29-25-17-26(27(33)16-24(25)28)30-21-8-12-22(13-9-21)31(6)18(2)3;1-15-17(3)21(7-5-19(15)27)29-23-13-24(30-22-8-6-20(28)16(2)18(22)4)26(32)14-25(23)31-9-11-33-12-10-31;1-23-18-12-20(25)14(10-13-2-4-15(21)5-3-13)11-19(18)24-17-8-6-16(22)7-9-17;1-22-16-11-19(25)18(24-15-8-4-13(21)5-9-15)10-17(16)23-14-6-2-12(20)3-7-14;2*1-2/h8-19,30H,7,28H2,1-6H3;5-8,13-14,30H,9-12,27-28H2,1-4H3;2-9,11-12,23H,10,21-22H2,1H3;2-11,22,24H,20-21H2,1H3;2*1-2H3. The average molecular weight is 1620 g/mol. The number of aliphatic imine (C=N–C) groups is 4. The molecule has 1 aliphatic heterocycles. The number of allylic oxidation sites excluding steroid dienone is 9. The van der Waals surface area contributed by atoms with Crippen LogP contribution in [0, 0.1) is 27.7 Å². The number of nitrogens with one attached hydrogen (secondary N) is 5. The number of carbonyl (C=O) groups excluding carboxylic acids is 4. The van der Waals surface area contributed by atoms with Crippen molar-refractivity contribution in [3.05, 3.63) is 292 Å². The predicted octanol–water partition coefficient (Wildman–Crippen LogP) is 16.6. The summed E-state index contributed by atoms with van der Waals surface area (Å²) >= 11 is 0. The molecule has 4 aliphatic carbocycles. The van der Waals surface area contributed by atoms with Crippen LogP contribution in [0.3, 0.4) is 0 Å². The first kappa shape index (κ1) is 91.5.